The molecule has 1 aliphatic rings. The number of carbonyl (C=O) groups is 1. The van der Waals surface area contributed by atoms with Gasteiger partial charge >= 0.3 is 6.18 Å². The topological polar surface area (TPSA) is 41.1 Å². The number of halogens is 3. The van der Waals surface area contributed by atoms with E-state index < -0.39 is 17.2 Å². The molecule has 1 amide bonds. The van der Waals surface area contributed by atoms with Crippen molar-refractivity contribution in [1.29, 1.82) is 0 Å². The Kier molecular flexibility index (Phi) is 3.54. The zero-order chi connectivity index (χ0) is 14.1. The third-order valence-electron chi connectivity index (χ3n) is 3.36. The number of carbonyl (C=O) groups excluding carboxylic acids is 1. The highest BCUT2D eigenvalue weighted by atomic mass is 19.4. The molecule has 1 aromatic carbocycles. The van der Waals surface area contributed by atoms with Crippen LogP contribution in [0.25, 0.3) is 0 Å². The second-order valence-electron chi connectivity index (χ2n) is 5.02. The Hall–Kier alpha value is -1.56. The van der Waals surface area contributed by atoms with Crippen LogP contribution in [-0.2, 0) is 11.0 Å². The molecule has 0 aliphatic carbocycles. The maximum atomic E-state index is 12.6. The van der Waals surface area contributed by atoms with Crippen molar-refractivity contribution in [1.82, 2.24) is 5.32 Å². The lowest BCUT2D eigenvalue weighted by atomic mass is 9.88. The minimum atomic E-state index is -4.40. The molecular formula is C13H15F3N2O. The van der Waals surface area contributed by atoms with Gasteiger partial charge in [0.1, 0.15) is 0 Å². The van der Waals surface area contributed by atoms with Gasteiger partial charge in [0, 0.05) is 12.2 Å². The first-order chi connectivity index (χ1) is 8.81. The van der Waals surface area contributed by atoms with Crippen molar-refractivity contribution in [2.45, 2.75) is 19.5 Å². The summed E-state index contributed by atoms with van der Waals surface area (Å²) in [5.74, 6) is -0.253. The van der Waals surface area contributed by atoms with Crippen LogP contribution >= 0.6 is 0 Å². The average Bonchev–Trinajstić information content (AvgIpc) is 2.77. The normalized spacial score (nSPS) is 23.4. The summed E-state index contributed by atoms with van der Waals surface area (Å²) in [5, 5.41) is 5.63. The van der Waals surface area contributed by atoms with Gasteiger partial charge in [0.2, 0.25) is 5.91 Å². The molecule has 19 heavy (non-hydrogen) atoms. The van der Waals surface area contributed by atoms with Crippen molar-refractivity contribution in [3.63, 3.8) is 0 Å². The van der Waals surface area contributed by atoms with E-state index in [0.717, 1.165) is 18.7 Å². The number of alkyl halides is 3. The van der Waals surface area contributed by atoms with Crippen molar-refractivity contribution in [3.05, 3.63) is 29.8 Å². The highest BCUT2D eigenvalue weighted by Crippen LogP contribution is 2.31. The zero-order valence-electron chi connectivity index (χ0n) is 10.5. The lowest BCUT2D eigenvalue weighted by Gasteiger charge is -2.21. The van der Waals surface area contributed by atoms with E-state index in [9.17, 15) is 18.0 Å². The molecule has 0 radical (unpaired) electrons. The molecule has 1 atom stereocenters. The third kappa shape index (κ3) is 3.07. The van der Waals surface area contributed by atoms with Crippen LogP contribution in [0, 0.1) is 5.41 Å². The average molecular weight is 272 g/mol. The van der Waals surface area contributed by atoms with Crippen LogP contribution < -0.4 is 10.6 Å². The number of hydrogen-bond donors (Lipinski definition) is 2. The monoisotopic (exact) mass is 272 g/mol. The molecule has 1 aliphatic heterocycles. The molecule has 2 rings (SSSR count). The highest BCUT2D eigenvalue weighted by molar-refractivity contribution is 5.95. The standard InChI is InChI=1S/C13H15F3N2O/c1-12(5-6-17-8-12)11(19)18-10-4-2-3-9(7-10)13(14,15)16/h2-4,7,17H,5-6,8H2,1H3,(H,18,19). The van der Waals surface area contributed by atoms with Crippen molar-refractivity contribution in [2.75, 3.05) is 18.4 Å². The van der Waals surface area contributed by atoms with Gasteiger partial charge in [-0.25, -0.2) is 0 Å². The van der Waals surface area contributed by atoms with Gasteiger partial charge in [-0.2, -0.15) is 13.2 Å². The summed E-state index contributed by atoms with van der Waals surface area (Å²) in [6, 6.07) is 4.67. The van der Waals surface area contributed by atoms with Crippen LogP contribution in [-0.4, -0.2) is 19.0 Å². The van der Waals surface area contributed by atoms with Crippen molar-refractivity contribution >= 4 is 11.6 Å². The fraction of sp³-hybridized carbons (Fsp3) is 0.462. The first kappa shape index (κ1) is 13.9. The molecule has 3 nitrogen and oxygen atoms in total. The number of anilines is 1. The Bertz CT molecular complexity index is 479. The van der Waals surface area contributed by atoms with Gasteiger partial charge < -0.3 is 10.6 Å². The largest absolute Gasteiger partial charge is 0.416 e. The van der Waals surface area contributed by atoms with E-state index in [1.54, 1.807) is 6.92 Å². The zero-order valence-corrected chi connectivity index (χ0v) is 10.5. The molecule has 0 aromatic heterocycles. The SMILES string of the molecule is CC1(C(=O)Nc2cccc(C(F)(F)F)c2)CCNC1. The van der Waals surface area contributed by atoms with Crippen molar-refractivity contribution < 1.29 is 18.0 Å². The van der Waals surface area contributed by atoms with Crippen LogP contribution in [0.15, 0.2) is 24.3 Å². The number of hydrogen-bond acceptors (Lipinski definition) is 2. The van der Waals surface area contributed by atoms with Gasteiger partial charge in [-0.1, -0.05) is 6.07 Å². The van der Waals surface area contributed by atoms with E-state index in [0.29, 0.717) is 13.0 Å². The molecule has 2 N–H and O–H groups in total. The number of amides is 1. The number of nitrogens with one attached hydrogen (secondary N) is 2. The Morgan fingerprint density at radius 1 is 1.42 bits per heavy atom. The molecule has 1 unspecified atom stereocenters. The summed E-state index contributed by atoms with van der Waals surface area (Å²) in [5.41, 5.74) is -1.15. The summed E-state index contributed by atoms with van der Waals surface area (Å²) in [6.45, 7) is 3.08. The lowest BCUT2D eigenvalue weighted by molar-refractivity contribution is -0.137. The molecule has 1 aromatic rings. The molecule has 104 valence electrons. The molecular weight excluding hydrogens is 257 g/mol. The van der Waals surface area contributed by atoms with E-state index in [-0.39, 0.29) is 11.6 Å². The van der Waals surface area contributed by atoms with Crippen LogP contribution in [0.5, 0.6) is 0 Å². The molecule has 0 saturated carbocycles. The van der Waals surface area contributed by atoms with Crippen LogP contribution in [0.4, 0.5) is 18.9 Å². The van der Waals surface area contributed by atoms with Crippen LogP contribution in [0.2, 0.25) is 0 Å². The second kappa shape index (κ2) is 4.85. The number of rotatable bonds is 2. The Morgan fingerprint density at radius 2 is 2.16 bits per heavy atom. The van der Waals surface area contributed by atoms with E-state index in [1.807, 2.05) is 0 Å². The van der Waals surface area contributed by atoms with Gasteiger partial charge in [-0.15, -0.1) is 0 Å². The summed E-state index contributed by atoms with van der Waals surface area (Å²) in [7, 11) is 0. The summed E-state index contributed by atoms with van der Waals surface area (Å²) >= 11 is 0. The molecule has 0 spiro atoms. The lowest BCUT2D eigenvalue weighted by Crippen LogP contribution is -2.35. The Labute approximate surface area is 109 Å². The van der Waals surface area contributed by atoms with Gasteiger partial charge in [0.05, 0.1) is 11.0 Å². The predicted octanol–water partition coefficient (Wildman–Crippen LogP) is 2.64. The second-order valence-corrected chi connectivity index (χ2v) is 5.02. The first-order valence-electron chi connectivity index (χ1n) is 6.01. The van der Waals surface area contributed by atoms with Crippen LogP contribution in [0.3, 0.4) is 0 Å². The molecule has 1 heterocycles. The van der Waals surface area contributed by atoms with Gasteiger partial charge in [0.15, 0.2) is 0 Å². The quantitative estimate of drug-likeness (QED) is 0.869. The van der Waals surface area contributed by atoms with Gasteiger partial charge in [-0.05, 0) is 38.1 Å². The van der Waals surface area contributed by atoms with Gasteiger partial charge in [-0.3, -0.25) is 4.79 Å². The van der Waals surface area contributed by atoms with E-state index in [1.165, 1.54) is 12.1 Å². The molecule has 1 fully saturated rings. The predicted molar refractivity (Wildman–Crippen MR) is 65.7 cm³/mol. The van der Waals surface area contributed by atoms with Crippen LogP contribution in [0.1, 0.15) is 18.9 Å². The summed E-state index contributed by atoms with van der Waals surface area (Å²) in [6.07, 6.45) is -3.72. The Morgan fingerprint density at radius 3 is 2.74 bits per heavy atom. The number of benzene rings is 1. The summed E-state index contributed by atoms with van der Waals surface area (Å²) in [4.78, 5) is 12.1. The van der Waals surface area contributed by atoms with Crippen molar-refractivity contribution in [3.8, 4) is 0 Å². The maximum Gasteiger partial charge on any atom is 0.416 e. The maximum absolute atomic E-state index is 12.6. The minimum absolute atomic E-state index is 0.174. The Balaban J connectivity index is 2.13. The van der Waals surface area contributed by atoms with Crippen molar-refractivity contribution in [2.24, 2.45) is 5.41 Å². The fourth-order valence-electron chi connectivity index (χ4n) is 2.07. The van der Waals surface area contributed by atoms with Gasteiger partial charge in [0.25, 0.3) is 0 Å². The van der Waals surface area contributed by atoms with E-state index in [4.69, 9.17) is 0 Å². The molecule has 1 saturated heterocycles. The summed E-state index contributed by atoms with van der Waals surface area (Å²) < 4.78 is 37.7. The van der Waals surface area contributed by atoms with E-state index >= 15 is 0 Å². The van der Waals surface area contributed by atoms with E-state index in [2.05, 4.69) is 10.6 Å². The third-order valence-corrected chi connectivity index (χ3v) is 3.36. The highest BCUT2D eigenvalue weighted by Gasteiger charge is 2.36. The molecule has 0 bridgehead atoms. The first-order valence-corrected chi connectivity index (χ1v) is 6.01. The fourth-order valence-corrected chi connectivity index (χ4v) is 2.07. The molecule has 6 heteroatoms. The minimum Gasteiger partial charge on any atom is -0.326 e. The smallest absolute Gasteiger partial charge is 0.326 e.